The summed E-state index contributed by atoms with van der Waals surface area (Å²) in [7, 11) is 0. The summed E-state index contributed by atoms with van der Waals surface area (Å²) in [5.74, 6) is 0.314. The van der Waals surface area contributed by atoms with Gasteiger partial charge in [0.05, 0.1) is 25.0 Å². The summed E-state index contributed by atoms with van der Waals surface area (Å²) in [4.78, 5) is 27.3. The van der Waals surface area contributed by atoms with E-state index in [2.05, 4.69) is 10.3 Å². The van der Waals surface area contributed by atoms with Gasteiger partial charge in [-0.25, -0.2) is 4.98 Å². The fourth-order valence-corrected chi connectivity index (χ4v) is 2.41. The van der Waals surface area contributed by atoms with E-state index in [1.807, 2.05) is 6.07 Å². The van der Waals surface area contributed by atoms with Crippen LogP contribution in [0.25, 0.3) is 0 Å². The Bertz CT molecular complexity index is 592. The normalized spacial score (nSPS) is 10.3. The van der Waals surface area contributed by atoms with Crippen molar-refractivity contribution in [1.82, 2.24) is 4.98 Å². The average molecular weight is 308 g/mol. The molecule has 0 fully saturated rings. The third kappa shape index (κ3) is 5.03. The highest BCUT2D eigenvalue weighted by Crippen LogP contribution is 2.16. The van der Waals surface area contributed by atoms with E-state index in [0.717, 1.165) is 5.76 Å². The fraction of sp³-hybridized carbons (Fsp3) is 0.357. The summed E-state index contributed by atoms with van der Waals surface area (Å²) < 4.78 is 10.0. The highest BCUT2D eigenvalue weighted by molar-refractivity contribution is 7.13. The van der Waals surface area contributed by atoms with E-state index in [1.165, 1.54) is 11.3 Å². The number of hydrogen-bond acceptors (Lipinski definition) is 6. The SMILES string of the molecule is CCOC(=O)Cc1csc(NC(=O)CCc2ccco2)n1. The predicted molar refractivity (Wildman–Crippen MR) is 78.1 cm³/mol. The van der Waals surface area contributed by atoms with Gasteiger partial charge in [-0.15, -0.1) is 11.3 Å². The van der Waals surface area contributed by atoms with Crippen molar-refractivity contribution in [3.8, 4) is 0 Å². The van der Waals surface area contributed by atoms with E-state index in [1.54, 1.807) is 24.6 Å². The van der Waals surface area contributed by atoms with Gasteiger partial charge >= 0.3 is 5.97 Å². The summed E-state index contributed by atoms with van der Waals surface area (Å²) in [6, 6.07) is 3.61. The second-order valence-electron chi connectivity index (χ2n) is 4.25. The summed E-state index contributed by atoms with van der Waals surface area (Å²) in [6.07, 6.45) is 2.56. The van der Waals surface area contributed by atoms with Crippen LogP contribution in [0, 0.1) is 0 Å². The molecule has 1 N–H and O–H groups in total. The zero-order valence-corrected chi connectivity index (χ0v) is 12.4. The number of nitrogens with zero attached hydrogens (tertiary/aromatic N) is 1. The maximum atomic E-state index is 11.8. The molecule has 0 aliphatic heterocycles. The van der Waals surface area contributed by atoms with Crippen molar-refractivity contribution in [2.24, 2.45) is 0 Å². The van der Waals surface area contributed by atoms with Gasteiger partial charge in [0.1, 0.15) is 5.76 Å². The van der Waals surface area contributed by atoms with Crippen LogP contribution in [0.1, 0.15) is 24.8 Å². The lowest BCUT2D eigenvalue weighted by atomic mass is 10.2. The first-order chi connectivity index (χ1) is 10.2. The van der Waals surface area contributed by atoms with Crippen LogP contribution in [0.4, 0.5) is 5.13 Å². The maximum absolute atomic E-state index is 11.8. The average Bonchev–Trinajstić information content (AvgIpc) is 3.08. The highest BCUT2D eigenvalue weighted by atomic mass is 32.1. The molecule has 7 heteroatoms. The number of rotatable bonds is 7. The Hall–Kier alpha value is -2.15. The van der Waals surface area contributed by atoms with Crippen LogP contribution in [-0.4, -0.2) is 23.5 Å². The highest BCUT2D eigenvalue weighted by Gasteiger charge is 2.10. The molecule has 1 amide bonds. The van der Waals surface area contributed by atoms with Crippen LogP contribution >= 0.6 is 11.3 Å². The van der Waals surface area contributed by atoms with Gasteiger partial charge in [0.25, 0.3) is 0 Å². The van der Waals surface area contributed by atoms with Gasteiger partial charge in [-0.3, -0.25) is 9.59 Å². The number of carbonyl (C=O) groups is 2. The quantitative estimate of drug-likeness (QED) is 0.794. The Morgan fingerprint density at radius 2 is 2.33 bits per heavy atom. The molecule has 0 bridgehead atoms. The molecule has 0 saturated heterocycles. The molecule has 0 aliphatic carbocycles. The largest absolute Gasteiger partial charge is 0.469 e. The number of carbonyl (C=O) groups excluding carboxylic acids is 2. The molecule has 0 atom stereocenters. The molecule has 0 aromatic carbocycles. The van der Waals surface area contributed by atoms with E-state index >= 15 is 0 Å². The molecule has 0 aliphatic rings. The minimum atomic E-state index is -0.321. The summed E-state index contributed by atoms with van der Waals surface area (Å²) >= 11 is 1.29. The van der Waals surface area contributed by atoms with Gasteiger partial charge in [-0.05, 0) is 19.1 Å². The van der Waals surface area contributed by atoms with Crippen molar-refractivity contribution in [2.45, 2.75) is 26.2 Å². The van der Waals surface area contributed by atoms with E-state index in [4.69, 9.17) is 9.15 Å². The zero-order valence-electron chi connectivity index (χ0n) is 11.6. The zero-order chi connectivity index (χ0) is 15.1. The third-order valence-electron chi connectivity index (χ3n) is 2.61. The number of thiazole rings is 1. The Morgan fingerprint density at radius 3 is 3.05 bits per heavy atom. The van der Waals surface area contributed by atoms with Crippen molar-refractivity contribution < 1.29 is 18.7 Å². The number of furan rings is 1. The number of ether oxygens (including phenoxy) is 1. The van der Waals surface area contributed by atoms with Gasteiger partial charge in [-0.2, -0.15) is 0 Å². The summed E-state index contributed by atoms with van der Waals surface area (Å²) in [6.45, 7) is 2.10. The third-order valence-corrected chi connectivity index (χ3v) is 3.41. The molecule has 112 valence electrons. The molecule has 0 spiro atoms. The first-order valence-corrected chi connectivity index (χ1v) is 7.47. The number of aromatic nitrogens is 1. The van der Waals surface area contributed by atoms with Crippen LogP contribution < -0.4 is 5.32 Å². The van der Waals surface area contributed by atoms with Gasteiger partial charge < -0.3 is 14.5 Å². The fourth-order valence-electron chi connectivity index (χ4n) is 1.68. The second-order valence-corrected chi connectivity index (χ2v) is 5.11. The Morgan fingerprint density at radius 1 is 1.48 bits per heavy atom. The lowest BCUT2D eigenvalue weighted by Gasteiger charge is -2.00. The van der Waals surface area contributed by atoms with Crippen molar-refractivity contribution in [3.05, 3.63) is 35.2 Å². The van der Waals surface area contributed by atoms with Gasteiger partial charge in [0.2, 0.25) is 5.91 Å². The number of hydrogen-bond donors (Lipinski definition) is 1. The molecule has 6 nitrogen and oxygen atoms in total. The molecule has 2 rings (SSSR count). The van der Waals surface area contributed by atoms with Gasteiger partial charge in [0, 0.05) is 18.2 Å². The van der Waals surface area contributed by atoms with Crippen LogP contribution in [0.3, 0.4) is 0 Å². The first kappa shape index (κ1) is 15.2. The van der Waals surface area contributed by atoms with Crippen molar-refractivity contribution in [1.29, 1.82) is 0 Å². The van der Waals surface area contributed by atoms with E-state index in [9.17, 15) is 9.59 Å². The minimum Gasteiger partial charge on any atom is -0.469 e. The van der Waals surface area contributed by atoms with Crippen molar-refractivity contribution in [3.63, 3.8) is 0 Å². The molecule has 2 aromatic heterocycles. The summed E-state index contributed by atoms with van der Waals surface area (Å²) in [5.41, 5.74) is 0.597. The summed E-state index contributed by atoms with van der Waals surface area (Å²) in [5, 5.41) is 4.92. The predicted octanol–water partition coefficient (Wildman–Crippen LogP) is 2.41. The maximum Gasteiger partial charge on any atom is 0.311 e. The van der Waals surface area contributed by atoms with Crippen LogP contribution in [0.5, 0.6) is 0 Å². The molecule has 2 heterocycles. The minimum absolute atomic E-state index is 0.118. The van der Waals surface area contributed by atoms with Crippen molar-refractivity contribution >= 4 is 28.3 Å². The Labute approximate surface area is 126 Å². The standard InChI is InChI=1S/C14H16N2O4S/c1-2-19-13(18)8-10-9-21-14(15-10)16-12(17)6-5-11-4-3-7-20-11/h3-4,7,9H,2,5-6,8H2,1H3,(H,15,16,17). The van der Waals surface area contributed by atoms with Crippen LogP contribution in [0.15, 0.2) is 28.2 Å². The van der Waals surface area contributed by atoms with Crippen molar-refractivity contribution in [2.75, 3.05) is 11.9 Å². The lowest BCUT2D eigenvalue weighted by molar-refractivity contribution is -0.142. The first-order valence-electron chi connectivity index (χ1n) is 6.59. The van der Waals surface area contributed by atoms with E-state index in [0.29, 0.717) is 30.3 Å². The number of aryl methyl sites for hydroxylation is 1. The van der Waals surface area contributed by atoms with Crippen LogP contribution in [0.2, 0.25) is 0 Å². The molecule has 21 heavy (non-hydrogen) atoms. The smallest absolute Gasteiger partial charge is 0.311 e. The molecular formula is C14H16N2O4S. The Balaban J connectivity index is 1.78. The number of amides is 1. The lowest BCUT2D eigenvalue weighted by Crippen LogP contribution is -2.12. The van der Waals surface area contributed by atoms with E-state index in [-0.39, 0.29) is 18.3 Å². The second kappa shape index (κ2) is 7.58. The molecule has 0 saturated carbocycles. The number of nitrogens with one attached hydrogen (secondary N) is 1. The molecular weight excluding hydrogens is 292 g/mol. The van der Waals surface area contributed by atoms with Crippen LogP contribution in [-0.2, 0) is 27.2 Å². The molecule has 0 radical (unpaired) electrons. The van der Waals surface area contributed by atoms with Gasteiger partial charge in [-0.1, -0.05) is 0 Å². The Kier molecular flexibility index (Phi) is 5.51. The van der Waals surface area contributed by atoms with E-state index < -0.39 is 0 Å². The number of esters is 1. The topological polar surface area (TPSA) is 81.4 Å². The molecule has 0 unspecified atom stereocenters. The number of anilines is 1. The monoisotopic (exact) mass is 308 g/mol. The molecule has 2 aromatic rings. The van der Waals surface area contributed by atoms with Gasteiger partial charge in [0.15, 0.2) is 5.13 Å².